The molecule has 0 aromatic carbocycles. The van der Waals surface area contributed by atoms with Crippen molar-refractivity contribution < 1.29 is 14.3 Å². The van der Waals surface area contributed by atoms with Crippen molar-refractivity contribution in [2.75, 3.05) is 26.2 Å². The van der Waals surface area contributed by atoms with Crippen molar-refractivity contribution in [1.82, 2.24) is 25.4 Å². The van der Waals surface area contributed by atoms with Crippen molar-refractivity contribution in [1.29, 1.82) is 0 Å². The molecule has 1 unspecified atom stereocenters. The summed E-state index contributed by atoms with van der Waals surface area (Å²) in [5.74, 6) is 0.0758. The minimum absolute atomic E-state index is 0.0493. The van der Waals surface area contributed by atoms with Gasteiger partial charge in [0.05, 0.1) is 24.5 Å². The number of pyridine rings is 1. The first kappa shape index (κ1) is 21.0. The molecule has 0 saturated carbocycles. The molecule has 0 aliphatic carbocycles. The molecule has 0 radical (unpaired) electrons. The standard InChI is InChI=1S/C21H29N5O3/c1-14-18(15(2)25-24-14)7-8-21(28)26-11-12-29-20(13-26)19-6-4-5-17(23-19)9-10-22-16(3)27/h4-6,20H,7-13H2,1-3H3,(H,22,27)(H,24,25). The number of ether oxygens (including phenoxy) is 1. The summed E-state index contributed by atoms with van der Waals surface area (Å²) < 4.78 is 5.89. The fourth-order valence-electron chi connectivity index (χ4n) is 3.57. The molecule has 2 aromatic heterocycles. The lowest BCUT2D eigenvalue weighted by atomic mass is 10.1. The molecule has 2 aromatic rings. The Morgan fingerprint density at radius 3 is 2.86 bits per heavy atom. The Kier molecular flexibility index (Phi) is 6.98. The number of hydrogen-bond acceptors (Lipinski definition) is 5. The van der Waals surface area contributed by atoms with Crippen LogP contribution in [0.15, 0.2) is 18.2 Å². The molecular weight excluding hydrogens is 370 g/mol. The fourth-order valence-corrected chi connectivity index (χ4v) is 3.57. The van der Waals surface area contributed by atoms with Crippen molar-refractivity contribution in [3.8, 4) is 0 Å². The van der Waals surface area contributed by atoms with Gasteiger partial charge < -0.3 is 15.0 Å². The van der Waals surface area contributed by atoms with E-state index in [0.29, 0.717) is 45.5 Å². The minimum Gasteiger partial charge on any atom is -0.368 e. The third-order valence-electron chi connectivity index (χ3n) is 5.20. The van der Waals surface area contributed by atoms with Crippen LogP contribution in [0.1, 0.15) is 47.8 Å². The van der Waals surface area contributed by atoms with Crippen LogP contribution in [0.2, 0.25) is 0 Å². The highest BCUT2D eigenvalue weighted by Gasteiger charge is 2.26. The van der Waals surface area contributed by atoms with Crippen LogP contribution in [0.3, 0.4) is 0 Å². The smallest absolute Gasteiger partial charge is 0.223 e. The van der Waals surface area contributed by atoms with Gasteiger partial charge in [0.15, 0.2) is 0 Å². The van der Waals surface area contributed by atoms with Crippen molar-refractivity contribution in [2.45, 2.75) is 46.1 Å². The van der Waals surface area contributed by atoms with Crippen LogP contribution in [0.4, 0.5) is 0 Å². The molecule has 2 amide bonds. The number of carbonyl (C=O) groups excluding carboxylic acids is 2. The maximum atomic E-state index is 12.7. The lowest BCUT2D eigenvalue weighted by molar-refractivity contribution is -0.139. The minimum atomic E-state index is -0.231. The zero-order chi connectivity index (χ0) is 20.8. The number of amides is 2. The maximum Gasteiger partial charge on any atom is 0.223 e. The Morgan fingerprint density at radius 2 is 2.14 bits per heavy atom. The number of morpholine rings is 1. The second kappa shape index (κ2) is 9.65. The molecule has 156 valence electrons. The summed E-state index contributed by atoms with van der Waals surface area (Å²) in [4.78, 5) is 30.3. The van der Waals surface area contributed by atoms with E-state index in [1.54, 1.807) is 0 Å². The SMILES string of the molecule is CC(=O)NCCc1cccc(C2CN(C(=O)CCc3c(C)n[nH]c3C)CCO2)n1. The molecule has 8 nitrogen and oxygen atoms in total. The number of carbonyl (C=O) groups is 2. The molecule has 1 atom stereocenters. The molecule has 1 fully saturated rings. The average Bonchev–Trinajstić information content (AvgIpc) is 3.04. The number of aromatic nitrogens is 3. The van der Waals surface area contributed by atoms with Gasteiger partial charge in [-0.3, -0.25) is 19.7 Å². The van der Waals surface area contributed by atoms with Crippen molar-refractivity contribution in [3.05, 3.63) is 46.5 Å². The highest BCUT2D eigenvalue weighted by molar-refractivity contribution is 5.76. The quantitative estimate of drug-likeness (QED) is 0.737. The van der Waals surface area contributed by atoms with Crippen LogP contribution in [0, 0.1) is 13.8 Å². The van der Waals surface area contributed by atoms with Gasteiger partial charge in [-0.2, -0.15) is 5.10 Å². The highest BCUT2D eigenvalue weighted by Crippen LogP contribution is 2.22. The van der Waals surface area contributed by atoms with E-state index in [0.717, 1.165) is 28.3 Å². The Labute approximate surface area is 171 Å². The van der Waals surface area contributed by atoms with Gasteiger partial charge in [0.2, 0.25) is 11.8 Å². The van der Waals surface area contributed by atoms with E-state index >= 15 is 0 Å². The van der Waals surface area contributed by atoms with Crippen LogP contribution in [-0.4, -0.2) is 58.1 Å². The van der Waals surface area contributed by atoms with Gasteiger partial charge in [-0.1, -0.05) is 6.07 Å². The third-order valence-corrected chi connectivity index (χ3v) is 5.20. The monoisotopic (exact) mass is 399 g/mol. The Morgan fingerprint density at radius 1 is 1.31 bits per heavy atom. The van der Waals surface area contributed by atoms with E-state index in [9.17, 15) is 9.59 Å². The van der Waals surface area contributed by atoms with Gasteiger partial charge in [-0.15, -0.1) is 0 Å². The summed E-state index contributed by atoms with van der Waals surface area (Å²) >= 11 is 0. The predicted molar refractivity (Wildman–Crippen MR) is 108 cm³/mol. The molecule has 1 saturated heterocycles. The van der Waals surface area contributed by atoms with Crippen LogP contribution in [0.5, 0.6) is 0 Å². The molecule has 1 aliphatic rings. The summed E-state index contributed by atoms with van der Waals surface area (Å²) in [7, 11) is 0. The van der Waals surface area contributed by atoms with Crippen LogP contribution in [0.25, 0.3) is 0 Å². The lowest BCUT2D eigenvalue weighted by Gasteiger charge is -2.33. The lowest BCUT2D eigenvalue weighted by Crippen LogP contribution is -2.42. The number of nitrogens with zero attached hydrogens (tertiary/aromatic N) is 3. The first-order valence-corrected chi connectivity index (χ1v) is 10.0. The van der Waals surface area contributed by atoms with E-state index in [4.69, 9.17) is 4.74 Å². The number of hydrogen-bond donors (Lipinski definition) is 2. The molecule has 2 N–H and O–H groups in total. The number of aromatic amines is 1. The topological polar surface area (TPSA) is 100 Å². The van der Waals surface area contributed by atoms with Gasteiger partial charge in [0, 0.05) is 44.2 Å². The zero-order valence-corrected chi connectivity index (χ0v) is 17.3. The third kappa shape index (κ3) is 5.63. The first-order valence-electron chi connectivity index (χ1n) is 10.0. The highest BCUT2D eigenvalue weighted by atomic mass is 16.5. The molecular formula is C21H29N5O3. The summed E-state index contributed by atoms with van der Waals surface area (Å²) in [6, 6.07) is 5.81. The first-order chi connectivity index (χ1) is 13.9. The van der Waals surface area contributed by atoms with Gasteiger partial charge in [-0.05, 0) is 38.0 Å². The van der Waals surface area contributed by atoms with Crippen LogP contribution in [-0.2, 0) is 27.2 Å². The van der Waals surface area contributed by atoms with Crippen molar-refractivity contribution in [3.63, 3.8) is 0 Å². The number of nitrogens with one attached hydrogen (secondary N) is 2. The van der Waals surface area contributed by atoms with E-state index in [2.05, 4.69) is 20.5 Å². The Balaban J connectivity index is 1.57. The number of H-pyrrole nitrogens is 1. The van der Waals surface area contributed by atoms with Crippen LogP contribution >= 0.6 is 0 Å². The summed E-state index contributed by atoms with van der Waals surface area (Å²) in [6.07, 6.45) is 1.57. The largest absolute Gasteiger partial charge is 0.368 e. The molecule has 0 spiro atoms. The van der Waals surface area contributed by atoms with Gasteiger partial charge in [0.25, 0.3) is 0 Å². The molecule has 1 aliphatic heterocycles. The predicted octanol–water partition coefficient (Wildman–Crippen LogP) is 1.63. The maximum absolute atomic E-state index is 12.7. The van der Waals surface area contributed by atoms with Gasteiger partial charge >= 0.3 is 0 Å². The van der Waals surface area contributed by atoms with Crippen LogP contribution < -0.4 is 5.32 Å². The zero-order valence-electron chi connectivity index (χ0n) is 17.3. The number of aryl methyl sites for hydroxylation is 2. The summed E-state index contributed by atoms with van der Waals surface area (Å²) in [5.41, 5.74) is 4.82. The summed E-state index contributed by atoms with van der Waals surface area (Å²) in [6.45, 7) is 7.59. The second-order valence-electron chi connectivity index (χ2n) is 7.40. The Hall–Kier alpha value is -2.74. The van der Waals surface area contributed by atoms with Crippen molar-refractivity contribution >= 4 is 11.8 Å². The van der Waals surface area contributed by atoms with E-state index in [1.807, 2.05) is 36.9 Å². The molecule has 3 heterocycles. The van der Waals surface area contributed by atoms with Gasteiger partial charge in [-0.25, -0.2) is 0 Å². The van der Waals surface area contributed by atoms with E-state index in [1.165, 1.54) is 6.92 Å². The number of rotatable bonds is 7. The van der Waals surface area contributed by atoms with Crippen molar-refractivity contribution in [2.24, 2.45) is 0 Å². The fraction of sp³-hybridized carbons (Fsp3) is 0.524. The normalized spacial score (nSPS) is 16.7. The summed E-state index contributed by atoms with van der Waals surface area (Å²) in [5, 5.41) is 9.94. The van der Waals surface area contributed by atoms with E-state index in [-0.39, 0.29) is 17.9 Å². The van der Waals surface area contributed by atoms with E-state index < -0.39 is 0 Å². The molecule has 8 heteroatoms. The molecule has 0 bridgehead atoms. The molecule has 29 heavy (non-hydrogen) atoms. The second-order valence-corrected chi connectivity index (χ2v) is 7.40. The molecule has 3 rings (SSSR count). The van der Waals surface area contributed by atoms with Gasteiger partial charge in [0.1, 0.15) is 6.10 Å². The average molecular weight is 399 g/mol. The Bertz CT molecular complexity index is 844.